The molecule has 1 aliphatic heterocycles. The second-order valence-corrected chi connectivity index (χ2v) is 5.27. The standard InChI is InChI=1S/C14H28N2O2.C2H6.H2/c1-4-13(17)11-15-7-10-18-14-5-8-16(9-6-14)12(2)3;1-2;/h12,14-15H,4-11H2,1-3H3;1-2H3;1H. The van der Waals surface area contributed by atoms with E-state index in [0.29, 0.717) is 31.7 Å². The van der Waals surface area contributed by atoms with Gasteiger partial charge in [-0.2, -0.15) is 0 Å². The first-order valence-corrected chi connectivity index (χ1v) is 8.21. The highest BCUT2D eigenvalue weighted by molar-refractivity contribution is 5.80. The van der Waals surface area contributed by atoms with Gasteiger partial charge in [0.1, 0.15) is 5.78 Å². The largest absolute Gasteiger partial charge is 0.377 e. The van der Waals surface area contributed by atoms with E-state index in [0.717, 1.165) is 32.5 Å². The molecule has 1 N–H and O–H groups in total. The summed E-state index contributed by atoms with van der Waals surface area (Å²) in [7, 11) is 0. The summed E-state index contributed by atoms with van der Waals surface area (Å²) in [5.74, 6) is 0.264. The van der Waals surface area contributed by atoms with Crippen LogP contribution in [0.2, 0.25) is 0 Å². The fourth-order valence-corrected chi connectivity index (χ4v) is 2.21. The summed E-state index contributed by atoms with van der Waals surface area (Å²) in [4.78, 5) is 13.6. The van der Waals surface area contributed by atoms with Gasteiger partial charge in [0.05, 0.1) is 19.3 Å². The summed E-state index contributed by atoms with van der Waals surface area (Å²) < 4.78 is 5.83. The van der Waals surface area contributed by atoms with Gasteiger partial charge in [0.25, 0.3) is 0 Å². The Hall–Kier alpha value is -0.450. The van der Waals surface area contributed by atoms with Gasteiger partial charge in [0.2, 0.25) is 0 Å². The van der Waals surface area contributed by atoms with Gasteiger partial charge in [0, 0.05) is 33.5 Å². The number of ether oxygens (including phenoxy) is 1. The molecule has 20 heavy (non-hydrogen) atoms. The minimum atomic E-state index is 0. The molecule has 0 radical (unpaired) electrons. The summed E-state index contributed by atoms with van der Waals surface area (Å²) >= 11 is 0. The van der Waals surface area contributed by atoms with Crippen LogP contribution < -0.4 is 5.32 Å². The summed E-state index contributed by atoms with van der Waals surface area (Å²) in [5.41, 5.74) is 0. The molecular weight excluding hydrogens is 252 g/mol. The molecule has 4 nitrogen and oxygen atoms in total. The number of carbonyl (C=O) groups is 1. The number of nitrogens with one attached hydrogen (secondary N) is 1. The number of nitrogens with zero attached hydrogens (tertiary/aromatic N) is 1. The van der Waals surface area contributed by atoms with Gasteiger partial charge >= 0.3 is 0 Å². The van der Waals surface area contributed by atoms with Crippen molar-refractivity contribution < 1.29 is 11.0 Å². The Morgan fingerprint density at radius 3 is 2.45 bits per heavy atom. The molecule has 1 saturated heterocycles. The highest BCUT2D eigenvalue weighted by Gasteiger charge is 2.20. The Kier molecular flexibility index (Phi) is 12.0. The molecule has 0 spiro atoms. The SMILES string of the molecule is CC.CCC(=O)CNCCOC1CCN(C(C)C)CC1.[HH]. The molecule has 0 aromatic rings. The van der Waals surface area contributed by atoms with E-state index in [9.17, 15) is 4.79 Å². The van der Waals surface area contributed by atoms with E-state index in [4.69, 9.17) is 4.74 Å². The molecule has 0 aromatic heterocycles. The predicted octanol–water partition coefficient (Wildman–Crippen LogP) is 2.72. The van der Waals surface area contributed by atoms with Gasteiger partial charge in [-0.15, -0.1) is 0 Å². The van der Waals surface area contributed by atoms with Crippen molar-refractivity contribution in [1.29, 1.82) is 0 Å². The molecular formula is C16H36N2O2. The fraction of sp³-hybridized carbons (Fsp3) is 0.938. The minimum Gasteiger partial charge on any atom is -0.377 e. The lowest BCUT2D eigenvalue weighted by atomic mass is 10.1. The summed E-state index contributed by atoms with van der Waals surface area (Å²) in [6, 6.07) is 0.646. The Balaban J connectivity index is 0. The van der Waals surface area contributed by atoms with Crippen molar-refractivity contribution in [1.82, 2.24) is 10.2 Å². The maximum atomic E-state index is 11.1. The third-order valence-corrected chi connectivity index (χ3v) is 3.56. The van der Waals surface area contributed by atoms with Gasteiger partial charge in [-0.05, 0) is 26.7 Å². The van der Waals surface area contributed by atoms with Crippen LogP contribution in [0.4, 0.5) is 0 Å². The maximum absolute atomic E-state index is 11.1. The van der Waals surface area contributed by atoms with Gasteiger partial charge < -0.3 is 15.0 Å². The predicted molar refractivity (Wildman–Crippen MR) is 87.3 cm³/mol. The summed E-state index contributed by atoms with van der Waals surface area (Å²) in [5, 5.41) is 3.12. The summed E-state index contributed by atoms with van der Waals surface area (Å²) in [6.07, 6.45) is 3.28. The smallest absolute Gasteiger partial charge is 0.146 e. The van der Waals surface area contributed by atoms with E-state index in [2.05, 4.69) is 24.1 Å². The van der Waals surface area contributed by atoms with Gasteiger partial charge in [0.15, 0.2) is 0 Å². The average Bonchev–Trinajstić information content (AvgIpc) is 2.49. The van der Waals surface area contributed by atoms with Crippen molar-refractivity contribution in [3.8, 4) is 0 Å². The van der Waals surface area contributed by atoms with E-state index >= 15 is 0 Å². The van der Waals surface area contributed by atoms with Crippen LogP contribution in [0.3, 0.4) is 0 Å². The number of carbonyl (C=O) groups excluding carboxylic acids is 1. The molecule has 1 heterocycles. The van der Waals surface area contributed by atoms with Crippen molar-refractivity contribution in [2.24, 2.45) is 0 Å². The van der Waals surface area contributed by atoms with E-state index in [1.165, 1.54) is 0 Å². The molecule has 1 rings (SSSR count). The fourth-order valence-electron chi connectivity index (χ4n) is 2.21. The number of rotatable bonds is 8. The number of piperidine rings is 1. The number of likely N-dealkylation sites (tertiary alicyclic amines) is 1. The number of hydrogen-bond acceptors (Lipinski definition) is 4. The lowest BCUT2D eigenvalue weighted by molar-refractivity contribution is -0.118. The van der Waals surface area contributed by atoms with Crippen LogP contribution in [0.1, 0.15) is 55.3 Å². The molecule has 0 bridgehead atoms. The van der Waals surface area contributed by atoms with Crippen molar-refractivity contribution in [3.63, 3.8) is 0 Å². The van der Waals surface area contributed by atoms with Crippen molar-refractivity contribution in [2.45, 2.75) is 66.0 Å². The Morgan fingerprint density at radius 2 is 1.95 bits per heavy atom. The molecule has 0 atom stereocenters. The average molecular weight is 288 g/mol. The first-order chi connectivity index (χ1) is 9.63. The second kappa shape index (κ2) is 12.3. The molecule has 0 unspecified atom stereocenters. The maximum Gasteiger partial charge on any atom is 0.146 e. The molecule has 0 amide bonds. The molecule has 0 saturated carbocycles. The van der Waals surface area contributed by atoms with Crippen LogP contribution in [0.5, 0.6) is 0 Å². The van der Waals surface area contributed by atoms with E-state index in [1.807, 2.05) is 20.8 Å². The molecule has 4 heteroatoms. The Morgan fingerprint density at radius 1 is 1.35 bits per heavy atom. The third-order valence-electron chi connectivity index (χ3n) is 3.56. The lowest BCUT2D eigenvalue weighted by Crippen LogP contribution is -2.41. The van der Waals surface area contributed by atoms with Crippen LogP contribution in [0.25, 0.3) is 0 Å². The highest BCUT2D eigenvalue weighted by atomic mass is 16.5. The third kappa shape index (κ3) is 8.67. The van der Waals surface area contributed by atoms with Gasteiger partial charge in [-0.3, -0.25) is 4.79 Å². The monoisotopic (exact) mass is 288 g/mol. The zero-order chi connectivity index (χ0) is 15.4. The van der Waals surface area contributed by atoms with Gasteiger partial charge in [-0.1, -0.05) is 20.8 Å². The van der Waals surface area contributed by atoms with E-state index in [1.54, 1.807) is 0 Å². The number of hydrogen-bond donors (Lipinski definition) is 1. The number of ketones is 1. The normalized spacial score (nSPS) is 16.9. The summed E-state index contributed by atoms with van der Waals surface area (Å²) in [6.45, 7) is 14.6. The van der Waals surface area contributed by atoms with Gasteiger partial charge in [-0.25, -0.2) is 0 Å². The zero-order valence-electron chi connectivity index (χ0n) is 14.1. The molecule has 1 aliphatic rings. The van der Waals surface area contributed by atoms with Crippen molar-refractivity contribution in [2.75, 3.05) is 32.8 Å². The number of Topliss-reactive ketones (excluding diaryl/α,β-unsaturated/α-hetero) is 1. The zero-order valence-corrected chi connectivity index (χ0v) is 14.1. The van der Waals surface area contributed by atoms with E-state index < -0.39 is 0 Å². The van der Waals surface area contributed by atoms with Crippen LogP contribution in [-0.4, -0.2) is 55.6 Å². The lowest BCUT2D eigenvalue weighted by Gasteiger charge is -2.34. The first-order valence-electron chi connectivity index (χ1n) is 8.21. The molecule has 0 aromatic carbocycles. The molecule has 122 valence electrons. The Bertz CT molecular complexity index is 242. The van der Waals surface area contributed by atoms with Crippen LogP contribution in [-0.2, 0) is 9.53 Å². The molecule has 1 fully saturated rings. The van der Waals surface area contributed by atoms with Crippen molar-refractivity contribution >= 4 is 5.78 Å². The second-order valence-electron chi connectivity index (χ2n) is 5.27. The van der Waals surface area contributed by atoms with Crippen LogP contribution in [0, 0.1) is 0 Å². The van der Waals surface area contributed by atoms with Crippen molar-refractivity contribution in [3.05, 3.63) is 0 Å². The highest BCUT2D eigenvalue weighted by Crippen LogP contribution is 2.15. The van der Waals surface area contributed by atoms with E-state index in [-0.39, 0.29) is 7.21 Å². The Labute approximate surface area is 126 Å². The first kappa shape index (κ1) is 19.6. The molecule has 0 aliphatic carbocycles. The topological polar surface area (TPSA) is 41.6 Å². The minimum absolute atomic E-state index is 0. The van der Waals surface area contributed by atoms with Crippen LogP contribution >= 0.6 is 0 Å². The quantitative estimate of drug-likeness (QED) is 0.697. The van der Waals surface area contributed by atoms with Crippen LogP contribution in [0.15, 0.2) is 0 Å².